The largest absolute Gasteiger partial charge is 0.355 e. The number of benzene rings is 1. The van der Waals surface area contributed by atoms with Gasteiger partial charge in [-0.3, -0.25) is 4.79 Å². The fourth-order valence-corrected chi connectivity index (χ4v) is 1.82. The van der Waals surface area contributed by atoms with Gasteiger partial charge in [0, 0.05) is 22.6 Å². The van der Waals surface area contributed by atoms with Crippen LogP contribution >= 0.6 is 11.6 Å². The molecule has 0 bridgehead atoms. The molecule has 90 valence electrons. The molecule has 2 nitrogen and oxygen atoms in total. The Morgan fingerprint density at radius 3 is 2.53 bits per heavy atom. The number of halogens is 2. The zero-order valence-corrected chi connectivity index (χ0v) is 10.7. The standard InChI is InChI=1S/C13H13ClFNO/c1-13(2,3)10-6-9(17)7-4-5-8(14)11(15)12(7)16-10/h4-6H,1-3H3,(H,16,17). The zero-order chi connectivity index (χ0) is 12.8. The maximum atomic E-state index is 13.8. The summed E-state index contributed by atoms with van der Waals surface area (Å²) in [4.78, 5) is 14.8. The highest BCUT2D eigenvalue weighted by atomic mass is 35.5. The van der Waals surface area contributed by atoms with Gasteiger partial charge in [-0.25, -0.2) is 4.39 Å². The molecule has 0 radical (unpaired) electrons. The summed E-state index contributed by atoms with van der Waals surface area (Å²) in [7, 11) is 0. The highest BCUT2D eigenvalue weighted by molar-refractivity contribution is 6.31. The van der Waals surface area contributed by atoms with E-state index < -0.39 is 5.82 Å². The first kappa shape index (κ1) is 12.1. The molecule has 1 heterocycles. The molecule has 4 heteroatoms. The van der Waals surface area contributed by atoms with Gasteiger partial charge in [0.1, 0.15) is 0 Å². The lowest BCUT2D eigenvalue weighted by Crippen LogP contribution is -2.18. The quantitative estimate of drug-likeness (QED) is 0.764. The van der Waals surface area contributed by atoms with Crippen molar-refractivity contribution in [3.8, 4) is 0 Å². The SMILES string of the molecule is CC(C)(C)c1cc(=O)c2ccc(Cl)c(F)c2[nH]1. The van der Waals surface area contributed by atoms with E-state index in [4.69, 9.17) is 11.6 Å². The summed E-state index contributed by atoms with van der Waals surface area (Å²) >= 11 is 5.71. The average Bonchev–Trinajstić information content (AvgIpc) is 2.22. The van der Waals surface area contributed by atoms with Gasteiger partial charge in [0.25, 0.3) is 0 Å². The van der Waals surface area contributed by atoms with Crippen molar-refractivity contribution >= 4 is 22.5 Å². The number of pyridine rings is 1. The molecule has 0 atom stereocenters. The highest BCUT2D eigenvalue weighted by Crippen LogP contribution is 2.25. The minimum Gasteiger partial charge on any atom is -0.355 e. The molecule has 1 aromatic heterocycles. The second-order valence-electron chi connectivity index (χ2n) is 5.08. The van der Waals surface area contributed by atoms with E-state index in [9.17, 15) is 9.18 Å². The Morgan fingerprint density at radius 1 is 1.29 bits per heavy atom. The molecule has 0 amide bonds. The van der Waals surface area contributed by atoms with Crippen LogP contribution in [0.15, 0.2) is 23.0 Å². The maximum absolute atomic E-state index is 13.8. The maximum Gasteiger partial charge on any atom is 0.189 e. The third-order valence-corrected chi connectivity index (χ3v) is 3.00. The van der Waals surface area contributed by atoms with E-state index in [1.807, 2.05) is 20.8 Å². The van der Waals surface area contributed by atoms with Gasteiger partial charge in [-0.1, -0.05) is 32.4 Å². The molecule has 1 aromatic carbocycles. The van der Waals surface area contributed by atoms with Crippen LogP contribution < -0.4 is 5.43 Å². The van der Waals surface area contributed by atoms with E-state index in [0.717, 1.165) is 0 Å². The molecular formula is C13H13ClFNO. The predicted molar refractivity (Wildman–Crippen MR) is 68.2 cm³/mol. The molecule has 0 spiro atoms. The number of nitrogens with one attached hydrogen (secondary N) is 1. The van der Waals surface area contributed by atoms with Gasteiger partial charge in [-0.05, 0) is 12.1 Å². The molecule has 1 N–H and O–H groups in total. The monoisotopic (exact) mass is 253 g/mol. The molecule has 0 unspecified atom stereocenters. The summed E-state index contributed by atoms with van der Waals surface area (Å²) in [5.74, 6) is -0.577. The first-order valence-corrected chi connectivity index (χ1v) is 5.70. The highest BCUT2D eigenvalue weighted by Gasteiger charge is 2.18. The molecule has 0 saturated heterocycles. The predicted octanol–water partition coefficient (Wildman–Crippen LogP) is 3.62. The van der Waals surface area contributed by atoms with E-state index in [2.05, 4.69) is 4.98 Å². The van der Waals surface area contributed by atoms with Gasteiger partial charge in [0.2, 0.25) is 0 Å². The minimum atomic E-state index is -0.577. The topological polar surface area (TPSA) is 32.9 Å². The normalized spacial score (nSPS) is 12.1. The van der Waals surface area contributed by atoms with Crippen LogP contribution in [-0.2, 0) is 5.41 Å². The van der Waals surface area contributed by atoms with Gasteiger partial charge in [0.15, 0.2) is 11.2 Å². The van der Waals surface area contributed by atoms with Gasteiger partial charge in [0.05, 0.1) is 10.5 Å². The van der Waals surface area contributed by atoms with Crippen LogP contribution in [-0.4, -0.2) is 4.98 Å². The van der Waals surface area contributed by atoms with Crippen molar-refractivity contribution < 1.29 is 4.39 Å². The Morgan fingerprint density at radius 2 is 1.94 bits per heavy atom. The Bertz CT molecular complexity index is 640. The Hall–Kier alpha value is -1.35. The second-order valence-corrected chi connectivity index (χ2v) is 5.49. The minimum absolute atomic E-state index is 0.0132. The van der Waals surface area contributed by atoms with Crippen LogP contribution in [0.1, 0.15) is 26.5 Å². The first-order valence-electron chi connectivity index (χ1n) is 5.32. The van der Waals surface area contributed by atoms with Crippen LogP contribution in [0.25, 0.3) is 10.9 Å². The van der Waals surface area contributed by atoms with E-state index >= 15 is 0 Å². The number of fused-ring (bicyclic) bond motifs is 1. The first-order chi connectivity index (χ1) is 7.80. The molecular weight excluding hydrogens is 241 g/mol. The molecule has 0 fully saturated rings. The molecule has 0 aliphatic rings. The van der Waals surface area contributed by atoms with Crippen LogP contribution in [0.3, 0.4) is 0 Å². The molecule has 17 heavy (non-hydrogen) atoms. The molecule has 0 aliphatic heterocycles. The van der Waals surface area contributed by atoms with Gasteiger partial charge >= 0.3 is 0 Å². The van der Waals surface area contributed by atoms with E-state index in [1.165, 1.54) is 18.2 Å². The number of H-pyrrole nitrogens is 1. The van der Waals surface area contributed by atoms with Gasteiger partial charge in [-0.15, -0.1) is 0 Å². The Labute approximate surface area is 103 Å². The third-order valence-electron chi connectivity index (χ3n) is 2.70. The number of hydrogen-bond donors (Lipinski definition) is 1. The average molecular weight is 254 g/mol. The van der Waals surface area contributed by atoms with E-state index in [0.29, 0.717) is 11.1 Å². The molecule has 2 aromatic rings. The van der Waals surface area contributed by atoms with Crippen molar-refractivity contribution in [1.82, 2.24) is 4.98 Å². The Kier molecular flexibility index (Phi) is 2.74. The summed E-state index contributed by atoms with van der Waals surface area (Å²) in [5, 5.41) is 0.333. The van der Waals surface area contributed by atoms with Crippen molar-refractivity contribution in [3.63, 3.8) is 0 Å². The lowest BCUT2D eigenvalue weighted by atomic mass is 9.91. The molecule has 0 saturated carbocycles. The summed E-state index contributed by atoms with van der Waals surface area (Å²) in [5.41, 5.74) is 0.424. The lowest BCUT2D eigenvalue weighted by Gasteiger charge is -2.19. The van der Waals surface area contributed by atoms with Crippen LogP contribution in [0.5, 0.6) is 0 Å². The van der Waals surface area contributed by atoms with Gasteiger partial charge < -0.3 is 4.98 Å². The van der Waals surface area contributed by atoms with Crippen LogP contribution in [0.2, 0.25) is 5.02 Å². The Balaban J connectivity index is 2.89. The second kappa shape index (κ2) is 3.84. The van der Waals surface area contributed by atoms with Crippen molar-refractivity contribution in [3.05, 3.63) is 45.0 Å². The summed E-state index contributed by atoms with van der Waals surface area (Å²) < 4.78 is 13.8. The van der Waals surface area contributed by atoms with Gasteiger partial charge in [-0.2, -0.15) is 0 Å². The van der Waals surface area contributed by atoms with E-state index in [-0.39, 0.29) is 21.4 Å². The van der Waals surface area contributed by atoms with Crippen LogP contribution in [0, 0.1) is 5.82 Å². The van der Waals surface area contributed by atoms with Crippen LogP contribution in [0.4, 0.5) is 4.39 Å². The molecule has 2 rings (SSSR count). The van der Waals surface area contributed by atoms with Crippen molar-refractivity contribution in [2.45, 2.75) is 26.2 Å². The van der Waals surface area contributed by atoms with E-state index in [1.54, 1.807) is 0 Å². The fourth-order valence-electron chi connectivity index (χ4n) is 1.66. The van der Waals surface area contributed by atoms with Crippen molar-refractivity contribution in [2.24, 2.45) is 0 Å². The number of hydrogen-bond acceptors (Lipinski definition) is 1. The summed E-state index contributed by atoms with van der Waals surface area (Å²) in [6.45, 7) is 5.85. The molecule has 0 aliphatic carbocycles. The van der Waals surface area contributed by atoms with Crippen molar-refractivity contribution in [2.75, 3.05) is 0 Å². The third kappa shape index (κ3) is 2.07. The number of aromatic nitrogens is 1. The van der Waals surface area contributed by atoms with Crippen molar-refractivity contribution in [1.29, 1.82) is 0 Å². The number of rotatable bonds is 0. The summed E-state index contributed by atoms with van der Waals surface area (Å²) in [6, 6.07) is 4.44. The zero-order valence-electron chi connectivity index (χ0n) is 9.90. The fraction of sp³-hybridized carbons (Fsp3) is 0.308. The summed E-state index contributed by atoms with van der Waals surface area (Å²) in [6.07, 6.45) is 0. The lowest BCUT2D eigenvalue weighted by molar-refractivity contribution is 0.568. The number of aromatic amines is 1. The smallest absolute Gasteiger partial charge is 0.189 e.